The van der Waals surface area contributed by atoms with Crippen LogP contribution in [0.1, 0.15) is 12.5 Å². The molecular formula is C17H24N4O3. The lowest BCUT2D eigenvalue weighted by atomic mass is 9.85. The zero-order valence-electron chi connectivity index (χ0n) is 13.8. The van der Waals surface area contributed by atoms with Crippen LogP contribution in [0.4, 0.5) is 0 Å². The second kappa shape index (κ2) is 6.51. The van der Waals surface area contributed by atoms with Crippen LogP contribution in [-0.4, -0.2) is 70.6 Å². The average Bonchev–Trinajstić information content (AvgIpc) is 2.60. The van der Waals surface area contributed by atoms with Gasteiger partial charge in [0.05, 0.1) is 6.10 Å². The Morgan fingerprint density at radius 2 is 2.08 bits per heavy atom. The molecule has 2 fully saturated rings. The summed E-state index contributed by atoms with van der Waals surface area (Å²) in [6.07, 6.45) is -0.911. The summed E-state index contributed by atoms with van der Waals surface area (Å²) < 4.78 is 0. The maximum absolute atomic E-state index is 12.4. The highest BCUT2D eigenvalue weighted by atomic mass is 16.3. The predicted octanol–water partition coefficient (Wildman–Crippen LogP) is -1.09. The molecule has 1 spiro atoms. The van der Waals surface area contributed by atoms with E-state index in [1.807, 2.05) is 30.3 Å². The van der Waals surface area contributed by atoms with Gasteiger partial charge in [0.2, 0.25) is 11.8 Å². The molecule has 0 radical (unpaired) electrons. The van der Waals surface area contributed by atoms with Gasteiger partial charge >= 0.3 is 0 Å². The Morgan fingerprint density at radius 3 is 2.62 bits per heavy atom. The van der Waals surface area contributed by atoms with Gasteiger partial charge in [0.25, 0.3) is 0 Å². The van der Waals surface area contributed by atoms with Gasteiger partial charge in [0.1, 0.15) is 11.6 Å². The average molecular weight is 332 g/mol. The minimum atomic E-state index is -0.953. The second-order valence-corrected chi connectivity index (χ2v) is 6.65. The molecule has 0 aliphatic carbocycles. The van der Waals surface area contributed by atoms with Crippen LogP contribution in [0.3, 0.4) is 0 Å². The number of carbonyl (C=O) groups excluding carboxylic acids is 2. The molecule has 24 heavy (non-hydrogen) atoms. The Labute approximate surface area is 141 Å². The third-order valence-corrected chi connectivity index (χ3v) is 4.99. The normalized spacial score (nSPS) is 26.6. The molecule has 130 valence electrons. The number of aliphatic hydroxyl groups is 1. The lowest BCUT2D eigenvalue weighted by Crippen LogP contribution is -2.79. The van der Waals surface area contributed by atoms with E-state index in [2.05, 4.69) is 10.2 Å². The Balaban J connectivity index is 1.76. The molecule has 2 saturated heterocycles. The number of benzene rings is 1. The first-order valence-corrected chi connectivity index (χ1v) is 8.24. The summed E-state index contributed by atoms with van der Waals surface area (Å²) >= 11 is 0. The van der Waals surface area contributed by atoms with Crippen molar-refractivity contribution < 1.29 is 14.7 Å². The van der Waals surface area contributed by atoms with Crippen molar-refractivity contribution in [3.8, 4) is 0 Å². The van der Waals surface area contributed by atoms with Crippen LogP contribution < -0.4 is 11.1 Å². The van der Waals surface area contributed by atoms with Gasteiger partial charge in [-0.25, -0.2) is 0 Å². The summed E-state index contributed by atoms with van der Waals surface area (Å²) in [7, 11) is 0. The van der Waals surface area contributed by atoms with Crippen LogP contribution in [0.2, 0.25) is 0 Å². The van der Waals surface area contributed by atoms with E-state index in [4.69, 9.17) is 5.73 Å². The molecule has 4 N–H and O–H groups in total. The third-order valence-electron chi connectivity index (χ3n) is 4.99. The van der Waals surface area contributed by atoms with E-state index in [0.717, 1.165) is 5.56 Å². The first-order chi connectivity index (χ1) is 11.4. The molecule has 1 aromatic carbocycles. The Kier molecular flexibility index (Phi) is 4.58. The van der Waals surface area contributed by atoms with E-state index in [9.17, 15) is 14.7 Å². The standard InChI is InChI=1S/C17H24N4O3/c1-12(22)14(18)15(23)20-7-8-21(9-13-5-3-2-4-6-13)17(11-20)10-19-16(17)24/h2-6,12,14,22H,7-11,18H2,1H3,(H,19,24)/t12-,14+,17?/m1/s1. The molecule has 3 rings (SSSR count). The summed E-state index contributed by atoms with van der Waals surface area (Å²) in [5, 5.41) is 12.4. The SMILES string of the molecule is C[C@@H](O)[C@H](N)C(=O)N1CCN(Cc2ccccc2)C2(CNC2=O)C1. The molecule has 2 aliphatic rings. The quantitative estimate of drug-likeness (QED) is 0.609. The van der Waals surface area contributed by atoms with Crippen molar-refractivity contribution in [2.75, 3.05) is 26.2 Å². The van der Waals surface area contributed by atoms with Crippen molar-refractivity contribution in [1.29, 1.82) is 0 Å². The maximum Gasteiger partial charge on any atom is 0.244 e. The highest BCUT2D eigenvalue weighted by Gasteiger charge is 2.54. The molecule has 7 heteroatoms. The predicted molar refractivity (Wildman–Crippen MR) is 88.8 cm³/mol. The largest absolute Gasteiger partial charge is 0.391 e. The fourth-order valence-electron chi connectivity index (χ4n) is 3.34. The van der Waals surface area contributed by atoms with E-state index in [1.165, 1.54) is 6.92 Å². The summed E-state index contributed by atoms with van der Waals surface area (Å²) in [5.41, 5.74) is 6.22. The molecule has 2 aliphatic heterocycles. The van der Waals surface area contributed by atoms with Crippen LogP contribution in [-0.2, 0) is 16.1 Å². The van der Waals surface area contributed by atoms with Gasteiger partial charge in [-0.05, 0) is 12.5 Å². The molecule has 3 atom stereocenters. The van der Waals surface area contributed by atoms with Crippen LogP contribution in [0.25, 0.3) is 0 Å². The molecule has 0 saturated carbocycles. The van der Waals surface area contributed by atoms with E-state index < -0.39 is 17.7 Å². The van der Waals surface area contributed by atoms with E-state index in [0.29, 0.717) is 32.7 Å². The summed E-state index contributed by atoms with van der Waals surface area (Å²) in [6, 6.07) is 9.03. The van der Waals surface area contributed by atoms with Crippen LogP contribution in [0.15, 0.2) is 30.3 Å². The first kappa shape index (κ1) is 16.9. The smallest absolute Gasteiger partial charge is 0.244 e. The Morgan fingerprint density at radius 1 is 1.38 bits per heavy atom. The van der Waals surface area contributed by atoms with Crippen molar-refractivity contribution >= 4 is 11.8 Å². The number of carbonyl (C=O) groups is 2. The number of nitrogens with two attached hydrogens (primary N) is 1. The van der Waals surface area contributed by atoms with Gasteiger partial charge in [0.15, 0.2) is 0 Å². The number of aliphatic hydroxyl groups excluding tert-OH is 1. The number of piperazine rings is 1. The summed E-state index contributed by atoms with van der Waals surface area (Å²) in [5.74, 6) is -0.356. The number of β-lactam (4-membered cyclic amide) rings is 1. The topological polar surface area (TPSA) is 98.9 Å². The molecule has 0 aromatic heterocycles. The number of nitrogens with one attached hydrogen (secondary N) is 1. The first-order valence-electron chi connectivity index (χ1n) is 8.24. The van der Waals surface area contributed by atoms with E-state index in [-0.39, 0.29) is 11.8 Å². The number of nitrogens with zero attached hydrogens (tertiary/aromatic N) is 2. The molecule has 1 unspecified atom stereocenters. The lowest BCUT2D eigenvalue weighted by molar-refractivity contribution is -0.157. The number of hydrogen-bond acceptors (Lipinski definition) is 5. The zero-order chi connectivity index (χ0) is 17.3. The molecule has 1 aromatic rings. The Hall–Kier alpha value is -1.96. The molecule has 7 nitrogen and oxygen atoms in total. The lowest BCUT2D eigenvalue weighted by Gasteiger charge is -2.54. The van der Waals surface area contributed by atoms with Gasteiger partial charge in [-0.1, -0.05) is 30.3 Å². The van der Waals surface area contributed by atoms with E-state index >= 15 is 0 Å². The molecular weight excluding hydrogens is 308 g/mol. The zero-order valence-corrected chi connectivity index (χ0v) is 13.8. The minimum absolute atomic E-state index is 0.0541. The Bertz CT molecular complexity index is 622. The van der Waals surface area contributed by atoms with E-state index in [1.54, 1.807) is 4.90 Å². The van der Waals surface area contributed by atoms with Crippen LogP contribution in [0.5, 0.6) is 0 Å². The van der Waals surface area contributed by atoms with Crippen LogP contribution in [0, 0.1) is 0 Å². The van der Waals surface area contributed by atoms with Crippen molar-refractivity contribution in [3.63, 3.8) is 0 Å². The van der Waals surface area contributed by atoms with Gasteiger partial charge in [-0.2, -0.15) is 0 Å². The van der Waals surface area contributed by atoms with Crippen molar-refractivity contribution in [1.82, 2.24) is 15.1 Å². The van der Waals surface area contributed by atoms with Crippen LogP contribution >= 0.6 is 0 Å². The van der Waals surface area contributed by atoms with Crippen molar-refractivity contribution in [2.45, 2.75) is 31.2 Å². The highest BCUT2D eigenvalue weighted by Crippen LogP contribution is 2.29. The van der Waals surface area contributed by atoms with Gasteiger partial charge in [-0.15, -0.1) is 0 Å². The van der Waals surface area contributed by atoms with Gasteiger partial charge < -0.3 is 21.1 Å². The minimum Gasteiger partial charge on any atom is -0.391 e. The third kappa shape index (κ3) is 2.90. The number of rotatable bonds is 4. The summed E-state index contributed by atoms with van der Waals surface area (Å²) in [4.78, 5) is 28.5. The maximum atomic E-state index is 12.4. The van der Waals surface area contributed by atoms with Gasteiger partial charge in [0, 0.05) is 32.7 Å². The highest BCUT2D eigenvalue weighted by molar-refractivity contribution is 5.94. The second-order valence-electron chi connectivity index (χ2n) is 6.65. The summed E-state index contributed by atoms with van der Waals surface area (Å²) in [6.45, 7) is 4.10. The molecule has 2 heterocycles. The number of hydrogen-bond donors (Lipinski definition) is 3. The van der Waals surface area contributed by atoms with Crippen molar-refractivity contribution in [3.05, 3.63) is 35.9 Å². The fraction of sp³-hybridized carbons (Fsp3) is 0.529. The molecule has 2 amide bonds. The monoisotopic (exact) mass is 332 g/mol. The number of amides is 2. The fourth-order valence-corrected chi connectivity index (χ4v) is 3.34. The van der Waals surface area contributed by atoms with Gasteiger partial charge in [-0.3, -0.25) is 14.5 Å². The van der Waals surface area contributed by atoms with Crippen molar-refractivity contribution in [2.24, 2.45) is 5.73 Å². The molecule has 0 bridgehead atoms.